The van der Waals surface area contributed by atoms with Gasteiger partial charge in [-0.15, -0.1) is 11.8 Å². The van der Waals surface area contributed by atoms with Gasteiger partial charge in [0.1, 0.15) is 0 Å². The molecule has 2 rings (SSSR count). The zero-order valence-corrected chi connectivity index (χ0v) is 15.5. The molecule has 1 aliphatic heterocycles. The van der Waals surface area contributed by atoms with Crippen LogP contribution in [0.3, 0.4) is 0 Å². The number of nitrogens with one attached hydrogen (secondary N) is 1. The molecule has 4 heteroatoms. The lowest BCUT2D eigenvalue weighted by Crippen LogP contribution is -2.30. The van der Waals surface area contributed by atoms with Gasteiger partial charge in [0.2, 0.25) is 5.91 Å². The molecule has 0 aromatic heterocycles. The van der Waals surface area contributed by atoms with Crippen LogP contribution in [0.5, 0.6) is 0 Å². The highest BCUT2D eigenvalue weighted by Crippen LogP contribution is 2.33. The van der Waals surface area contributed by atoms with Crippen LogP contribution in [0, 0.1) is 0 Å². The Kier molecular flexibility index (Phi) is 6.88. The molecule has 1 aromatic carbocycles. The highest BCUT2D eigenvalue weighted by molar-refractivity contribution is 7.98. The summed E-state index contributed by atoms with van der Waals surface area (Å²) in [7, 11) is 2.17. The zero-order valence-electron chi connectivity index (χ0n) is 14.7. The van der Waals surface area contributed by atoms with E-state index >= 15 is 0 Å². The normalized spacial score (nSPS) is 18.5. The van der Waals surface area contributed by atoms with Crippen molar-refractivity contribution >= 4 is 17.7 Å². The molecular weight excluding hydrogens is 316 g/mol. The molecule has 1 unspecified atom stereocenters. The first-order valence-corrected chi connectivity index (χ1v) is 9.38. The molecule has 0 saturated carbocycles. The number of nitrogens with zero attached hydrogens (tertiary/aromatic N) is 1. The van der Waals surface area contributed by atoms with Crippen molar-refractivity contribution in [1.82, 2.24) is 10.2 Å². The summed E-state index contributed by atoms with van der Waals surface area (Å²) in [5.41, 5.74) is 3.65. The standard InChI is InChI=1S/C20H26N2OS/c1-5-7-18(21-15(2)23)9-6-8-16-13-22(3)14-17-10-11-19(24-4)12-20(16)17/h5-7,9-12,16H,1,8,13-14H2,2-4H3,(H,21,23)/b9-6-,18-7+. The first-order valence-electron chi connectivity index (χ1n) is 8.15. The van der Waals surface area contributed by atoms with Crippen molar-refractivity contribution < 1.29 is 4.79 Å². The minimum absolute atomic E-state index is 0.0693. The molecule has 0 radical (unpaired) electrons. The third-order valence-electron chi connectivity index (χ3n) is 4.10. The Morgan fingerprint density at radius 2 is 2.29 bits per heavy atom. The molecule has 1 aliphatic rings. The van der Waals surface area contributed by atoms with E-state index in [1.165, 1.54) is 22.9 Å². The van der Waals surface area contributed by atoms with E-state index in [0.29, 0.717) is 5.92 Å². The Hall–Kier alpha value is -1.78. The summed E-state index contributed by atoms with van der Waals surface area (Å²) >= 11 is 1.79. The van der Waals surface area contributed by atoms with Crippen LogP contribution in [0.15, 0.2) is 59.7 Å². The highest BCUT2D eigenvalue weighted by Gasteiger charge is 2.22. The van der Waals surface area contributed by atoms with E-state index in [0.717, 1.165) is 25.2 Å². The molecule has 0 saturated heterocycles. The van der Waals surface area contributed by atoms with Gasteiger partial charge in [0.15, 0.2) is 0 Å². The number of rotatable bonds is 6. The summed E-state index contributed by atoms with van der Waals surface area (Å²) < 4.78 is 0. The lowest BCUT2D eigenvalue weighted by molar-refractivity contribution is -0.118. The minimum Gasteiger partial charge on any atom is -0.326 e. The predicted octanol–water partition coefficient (Wildman–Crippen LogP) is 4.09. The summed E-state index contributed by atoms with van der Waals surface area (Å²) in [4.78, 5) is 14.9. The Bertz CT molecular complexity index is 664. The van der Waals surface area contributed by atoms with Crippen molar-refractivity contribution in [2.75, 3.05) is 19.8 Å². The number of benzene rings is 1. The van der Waals surface area contributed by atoms with Gasteiger partial charge >= 0.3 is 0 Å². The van der Waals surface area contributed by atoms with E-state index in [2.05, 4.69) is 54.4 Å². The first-order chi connectivity index (χ1) is 11.5. The van der Waals surface area contributed by atoms with Crippen molar-refractivity contribution in [3.63, 3.8) is 0 Å². The Balaban J connectivity index is 2.15. The third kappa shape index (κ3) is 5.11. The lowest BCUT2D eigenvalue weighted by Gasteiger charge is -2.32. The molecule has 128 valence electrons. The molecule has 0 bridgehead atoms. The van der Waals surface area contributed by atoms with Gasteiger partial charge in [-0.3, -0.25) is 4.79 Å². The molecule has 3 nitrogen and oxygen atoms in total. The van der Waals surface area contributed by atoms with Gasteiger partial charge in [-0.1, -0.05) is 24.8 Å². The van der Waals surface area contributed by atoms with E-state index in [-0.39, 0.29) is 5.91 Å². The average molecular weight is 343 g/mol. The zero-order chi connectivity index (χ0) is 17.5. The predicted molar refractivity (Wildman–Crippen MR) is 103 cm³/mol. The highest BCUT2D eigenvalue weighted by atomic mass is 32.2. The quantitative estimate of drug-likeness (QED) is 0.624. The number of likely N-dealkylation sites (N-methyl/N-ethyl adjacent to an activating group) is 1. The van der Waals surface area contributed by atoms with Gasteiger partial charge in [-0.25, -0.2) is 0 Å². The van der Waals surface area contributed by atoms with Gasteiger partial charge in [-0.05, 0) is 55.1 Å². The van der Waals surface area contributed by atoms with Crippen LogP contribution < -0.4 is 5.32 Å². The molecule has 1 amide bonds. The number of amides is 1. The summed E-state index contributed by atoms with van der Waals surface area (Å²) in [6.07, 6.45) is 10.7. The summed E-state index contributed by atoms with van der Waals surface area (Å²) in [6.45, 7) is 7.27. The Labute approximate surface area is 149 Å². The molecular formula is C20H26N2OS. The molecule has 1 heterocycles. The molecule has 1 N–H and O–H groups in total. The van der Waals surface area contributed by atoms with Crippen LogP contribution in [0.25, 0.3) is 0 Å². The first kappa shape index (κ1) is 18.6. The van der Waals surface area contributed by atoms with E-state index in [9.17, 15) is 4.79 Å². The molecule has 24 heavy (non-hydrogen) atoms. The van der Waals surface area contributed by atoms with Crippen molar-refractivity contribution in [2.24, 2.45) is 0 Å². The second-order valence-corrected chi connectivity index (χ2v) is 7.02. The maximum Gasteiger partial charge on any atom is 0.221 e. The van der Waals surface area contributed by atoms with Crippen LogP contribution in [0.4, 0.5) is 0 Å². The molecule has 1 atom stereocenters. The monoisotopic (exact) mass is 342 g/mol. The largest absolute Gasteiger partial charge is 0.326 e. The third-order valence-corrected chi connectivity index (χ3v) is 4.83. The van der Waals surface area contributed by atoms with E-state index in [1.807, 2.05) is 12.2 Å². The van der Waals surface area contributed by atoms with Gasteiger partial charge in [0.05, 0.1) is 0 Å². The fraction of sp³-hybridized carbons (Fsp3) is 0.350. The fourth-order valence-electron chi connectivity index (χ4n) is 3.08. The number of hydrogen-bond donors (Lipinski definition) is 1. The maximum absolute atomic E-state index is 11.2. The van der Waals surface area contributed by atoms with Crippen LogP contribution >= 0.6 is 11.8 Å². The summed E-state index contributed by atoms with van der Waals surface area (Å²) in [6, 6.07) is 6.80. The van der Waals surface area contributed by atoms with Crippen molar-refractivity contribution in [3.05, 3.63) is 65.9 Å². The van der Waals surface area contributed by atoms with E-state index in [1.54, 1.807) is 17.8 Å². The number of fused-ring (bicyclic) bond motifs is 1. The SMILES string of the molecule is C=C/C=C(\C=C/CC1CN(C)Cc2ccc(SC)cc21)NC(C)=O. The number of allylic oxidation sites excluding steroid dienone is 4. The van der Waals surface area contributed by atoms with Gasteiger partial charge in [0, 0.05) is 36.5 Å². The van der Waals surface area contributed by atoms with Gasteiger partial charge in [-0.2, -0.15) is 0 Å². The average Bonchev–Trinajstić information content (AvgIpc) is 2.54. The van der Waals surface area contributed by atoms with Crippen molar-refractivity contribution in [1.29, 1.82) is 0 Å². The van der Waals surface area contributed by atoms with Gasteiger partial charge in [0.25, 0.3) is 0 Å². The molecule has 0 aliphatic carbocycles. The number of hydrogen-bond acceptors (Lipinski definition) is 3. The number of thioether (sulfide) groups is 1. The Morgan fingerprint density at radius 1 is 1.50 bits per heavy atom. The van der Waals surface area contributed by atoms with Crippen molar-refractivity contribution in [2.45, 2.75) is 30.7 Å². The fourth-order valence-corrected chi connectivity index (χ4v) is 3.53. The topological polar surface area (TPSA) is 32.3 Å². The smallest absolute Gasteiger partial charge is 0.221 e. The van der Waals surface area contributed by atoms with E-state index < -0.39 is 0 Å². The van der Waals surface area contributed by atoms with Crippen LogP contribution in [-0.2, 0) is 11.3 Å². The van der Waals surface area contributed by atoms with Crippen LogP contribution in [-0.4, -0.2) is 30.7 Å². The Morgan fingerprint density at radius 3 is 2.96 bits per heavy atom. The maximum atomic E-state index is 11.2. The number of carbonyl (C=O) groups is 1. The van der Waals surface area contributed by atoms with Crippen molar-refractivity contribution in [3.8, 4) is 0 Å². The summed E-state index contributed by atoms with van der Waals surface area (Å²) in [5.74, 6) is 0.407. The number of carbonyl (C=O) groups excluding carboxylic acids is 1. The van der Waals surface area contributed by atoms with Crippen LogP contribution in [0.1, 0.15) is 30.4 Å². The molecule has 1 aromatic rings. The second kappa shape index (κ2) is 8.90. The van der Waals surface area contributed by atoms with Gasteiger partial charge < -0.3 is 10.2 Å². The molecule has 0 fully saturated rings. The van der Waals surface area contributed by atoms with Crippen LogP contribution in [0.2, 0.25) is 0 Å². The minimum atomic E-state index is -0.0693. The molecule has 0 spiro atoms. The second-order valence-electron chi connectivity index (χ2n) is 6.14. The summed E-state index contributed by atoms with van der Waals surface area (Å²) in [5, 5.41) is 2.82. The lowest BCUT2D eigenvalue weighted by atomic mass is 9.87. The van der Waals surface area contributed by atoms with E-state index in [4.69, 9.17) is 0 Å².